The number of allylic oxidation sites excluding steroid dienone is 2. The Labute approximate surface area is 146 Å². The summed E-state index contributed by atoms with van der Waals surface area (Å²) < 4.78 is 0. The Bertz CT molecular complexity index is 240. The lowest BCUT2D eigenvalue weighted by molar-refractivity contribution is 0.133. The fourth-order valence-electron chi connectivity index (χ4n) is 2.79. The molecule has 138 valence electrons. The van der Waals surface area contributed by atoms with Crippen molar-refractivity contribution in [2.75, 3.05) is 6.54 Å². The average molecular weight is 326 g/mol. The van der Waals surface area contributed by atoms with Crippen LogP contribution < -0.4 is 5.32 Å². The zero-order valence-electron chi connectivity index (χ0n) is 16.0. The normalized spacial score (nSPS) is 13.0. The Morgan fingerprint density at radius 2 is 1.17 bits per heavy atom. The minimum atomic E-state index is -0.307. The van der Waals surface area contributed by atoms with Gasteiger partial charge in [0.25, 0.3) is 0 Å². The van der Waals surface area contributed by atoms with Crippen LogP contribution in [0.2, 0.25) is 0 Å². The number of unbranched alkanes of at least 4 members (excludes halogenated alkanes) is 12. The van der Waals surface area contributed by atoms with E-state index in [2.05, 4.69) is 24.4 Å². The number of nitrogens with one attached hydrogen (secondary N) is 1. The zero-order valence-corrected chi connectivity index (χ0v) is 16.0. The number of rotatable bonds is 18. The molecule has 0 aliphatic rings. The fourth-order valence-corrected chi connectivity index (χ4v) is 2.79. The van der Waals surface area contributed by atoms with Gasteiger partial charge >= 0.3 is 0 Å². The molecule has 23 heavy (non-hydrogen) atoms. The van der Waals surface area contributed by atoms with Crippen LogP contribution in [0.3, 0.4) is 0 Å². The maximum Gasteiger partial charge on any atom is 0.104 e. The van der Waals surface area contributed by atoms with E-state index in [4.69, 9.17) is 0 Å². The van der Waals surface area contributed by atoms with Gasteiger partial charge in [-0.15, -0.1) is 0 Å². The van der Waals surface area contributed by atoms with E-state index in [0.29, 0.717) is 0 Å². The molecular formula is C21H43NO. The van der Waals surface area contributed by atoms with Crippen LogP contribution in [-0.4, -0.2) is 17.9 Å². The number of hydrogen-bond donors (Lipinski definition) is 2. The zero-order chi connectivity index (χ0) is 17.0. The van der Waals surface area contributed by atoms with Crippen LogP contribution in [-0.2, 0) is 0 Å². The van der Waals surface area contributed by atoms with Gasteiger partial charge in [-0.2, -0.15) is 0 Å². The van der Waals surface area contributed by atoms with Gasteiger partial charge in [0.1, 0.15) is 6.23 Å². The smallest absolute Gasteiger partial charge is 0.104 e. The highest BCUT2D eigenvalue weighted by Gasteiger charge is 1.97. The van der Waals surface area contributed by atoms with E-state index in [0.717, 1.165) is 13.0 Å². The highest BCUT2D eigenvalue weighted by atomic mass is 16.3. The molecular weight excluding hydrogens is 282 g/mol. The van der Waals surface area contributed by atoms with Crippen molar-refractivity contribution in [3.63, 3.8) is 0 Å². The van der Waals surface area contributed by atoms with Gasteiger partial charge in [-0.25, -0.2) is 0 Å². The topological polar surface area (TPSA) is 32.3 Å². The van der Waals surface area contributed by atoms with Gasteiger partial charge in [-0.05, 0) is 45.1 Å². The predicted molar refractivity (Wildman–Crippen MR) is 104 cm³/mol. The Morgan fingerprint density at radius 3 is 1.70 bits per heavy atom. The molecule has 0 heterocycles. The molecule has 0 aromatic heterocycles. The highest BCUT2D eigenvalue weighted by Crippen LogP contribution is 2.09. The van der Waals surface area contributed by atoms with Crippen molar-refractivity contribution in [1.82, 2.24) is 5.32 Å². The van der Waals surface area contributed by atoms with E-state index < -0.39 is 0 Å². The Hall–Kier alpha value is -0.340. The molecule has 0 radical (unpaired) electrons. The molecule has 0 rings (SSSR count). The number of aliphatic hydroxyl groups is 1. The second-order valence-electron chi connectivity index (χ2n) is 6.82. The molecule has 0 amide bonds. The third-order valence-corrected chi connectivity index (χ3v) is 4.46. The van der Waals surface area contributed by atoms with E-state index >= 15 is 0 Å². The summed E-state index contributed by atoms with van der Waals surface area (Å²) in [5.41, 5.74) is 0. The van der Waals surface area contributed by atoms with Crippen LogP contribution in [0.1, 0.15) is 110 Å². The van der Waals surface area contributed by atoms with Gasteiger partial charge in [0.15, 0.2) is 0 Å². The van der Waals surface area contributed by atoms with Crippen molar-refractivity contribution in [3.8, 4) is 0 Å². The Morgan fingerprint density at radius 1 is 0.696 bits per heavy atom. The van der Waals surface area contributed by atoms with E-state index in [1.807, 2.05) is 6.92 Å². The van der Waals surface area contributed by atoms with Gasteiger partial charge in [0, 0.05) is 0 Å². The van der Waals surface area contributed by atoms with Crippen LogP contribution in [0.15, 0.2) is 12.2 Å². The van der Waals surface area contributed by atoms with Crippen LogP contribution in [0.5, 0.6) is 0 Å². The Balaban J connectivity index is 3.08. The lowest BCUT2D eigenvalue weighted by atomic mass is 10.1. The van der Waals surface area contributed by atoms with Gasteiger partial charge in [-0.1, -0.05) is 83.8 Å². The molecule has 0 aromatic carbocycles. The summed E-state index contributed by atoms with van der Waals surface area (Å²) >= 11 is 0. The van der Waals surface area contributed by atoms with Gasteiger partial charge in [-0.3, -0.25) is 5.32 Å². The second kappa shape index (κ2) is 19.7. The van der Waals surface area contributed by atoms with Crippen LogP contribution in [0.4, 0.5) is 0 Å². The van der Waals surface area contributed by atoms with Crippen LogP contribution in [0.25, 0.3) is 0 Å². The third kappa shape index (κ3) is 19.6. The van der Waals surface area contributed by atoms with E-state index in [1.54, 1.807) is 0 Å². The molecule has 2 nitrogen and oxygen atoms in total. The van der Waals surface area contributed by atoms with Gasteiger partial charge in [0.2, 0.25) is 0 Å². The van der Waals surface area contributed by atoms with E-state index in [9.17, 15) is 5.11 Å². The van der Waals surface area contributed by atoms with Crippen molar-refractivity contribution >= 4 is 0 Å². The molecule has 0 bridgehead atoms. The number of aliphatic hydroxyl groups excluding tert-OH is 1. The van der Waals surface area contributed by atoms with Crippen molar-refractivity contribution in [2.24, 2.45) is 0 Å². The van der Waals surface area contributed by atoms with Crippen molar-refractivity contribution in [3.05, 3.63) is 12.2 Å². The molecule has 0 aliphatic carbocycles. The number of hydrogen-bond acceptors (Lipinski definition) is 2. The van der Waals surface area contributed by atoms with Crippen molar-refractivity contribution in [2.45, 2.75) is 116 Å². The lowest BCUT2D eigenvalue weighted by Crippen LogP contribution is -2.28. The summed E-state index contributed by atoms with van der Waals surface area (Å²) in [6.45, 7) is 5.23. The van der Waals surface area contributed by atoms with Gasteiger partial charge in [0.05, 0.1) is 0 Å². The molecule has 0 spiro atoms. The summed E-state index contributed by atoms with van der Waals surface area (Å²) in [6, 6.07) is 0. The maximum atomic E-state index is 9.37. The second-order valence-corrected chi connectivity index (χ2v) is 6.82. The summed E-state index contributed by atoms with van der Waals surface area (Å²) in [4.78, 5) is 0. The first-order chi connectivity index (χ1) is 11.3. The fraction of sp³-hybridized carbons (Fsp3) is 0.905. The summed E-state index contributed by atoms with van der Waals surface area (Å²) in [5.74, 6) is 0. The summed E-state index contributed by atoms with van der Waals surface area (Å²) in [7, 11) is 0. The SMILES string of the molecule is CCCCCCCC/C=C\CCCCCCCCNC(O)CC. The van der Waals surface area contributed by atoms with Crippen LogP contribution >= 0.6 is 0 Å². The van der Waals surface area contributed by atoms with E-state index in [-0.39, 0.29) is 6.23 Å². The summed E-state index contributed by atoms with van der Waals surface area (Å²) in [5, 5.41) is 12.5. The lowest BCUT2D eigenvalue weighted by Gasteiger charge is -2.09. The monoisotopic (exact) mass is 325 g/mol. The van der Waals surface area contributed by atoms with Crippen molar-refractivity contribution < 1.29 is 5.11 Å². The predicted octanol–water partition coefficient (Wildman–Crippen LogP) is 6.34. The molecule has 0 saturated heterocycles. The average Bonchev–Trinajstić information content (AvgIpc) is 2.57. The third-order valence-electron chi connectivity index (χ3n) is 4.46. The minimum Gasteiger partial charge on any atom is -0.379 e. The molecule has 1 atom stereocenters. The largest absolute Gasteiger partial charge is 0.379 e. The van der Waals surface area contributed by atoms with E-state index in [1.165, 1.54) is 89.9 Å². The first-order valence-corrected chi connectivity index (χ1v) is 10.4. The molecule has 1 unspecified atom stereocenters. The molecule has 2 heteroatoms. The first-order valence-electron chi connectivity index (χ1n) is 10.4. The van der Waals surface area contributed by atoms with Crippen LogP contribution in [0, 0.1) is 0 Å². The molecule has 0 aromatic rings. The molecule has 0 aliphatic heterocycles. The molecule has 2 N–H and O–H groups in total. The first kappa shape index (κ1) is 22.7. The molecule has 0 fully saturated rings. The molecule has 0 saturated carbocycles. The standard InChI is InChI=1S/C21H43NO/c1-3-5-6-7-8-9-10-11-12-13-14-15-16-17-18-19-20-22-21(23)4-2/h11-12,21-23H,3-10,13-20H2,1-2H3/b12-11-. The Kier molecular flexibility index (Phi) is 19.4. The quantitative estimate of drug-likeness (QED) is 0.175. The summed E-state index contributed by atoms with van der Waals surface area (Å²) in [6.07, 6.45) is 24.1. The maximum absolute atomic E-state index is 9.37. The van der Waals surface area contributed by atoms with Crippen molar-refractivity contribution in [1.29, 1.82) is 0 Å². The van der Waals surface area contributed by atoms with Gasteiger partial charge < -0.3 is 5.11 Å². The highest BCUT2D eigenvalue weighted by molar-refractivity contribution is 4.81. The minimum absolute atomic E-state index is 0.307.